The van der Waals surface area contributed by atoms with Crippen LogP contribution in [0.25, 0.3) is 0 Å². The van der Waals surface area contributed by atoms with Gasteiger partial charge in [0.15, 0.2) is 11.5 Å². The zero-order chi connectivity index (χ0) is 17.5. The Morgan fingerprint density at radius 2 is 1.75 bits per heavy atom. The number of hydrogen-bond acceptors (Lipinski definition) is 3. The van der Waals surface area contributed by atoms with E-state index in [1.165, 1.54) is 5.56 Å². The van der Waals surface area contributed by atoms with Crippen LogP contribution in [-0.2, 0) is 0 Å². The van der Waals surface area contributed by atoms with Gasteiger partial charge in [0.05, 0.1) is 18.9 Å². The average Bonchev–Trinajstić information content (AvgIpc) is 2.60. The maximum Gasteiger partial charge on any atom is 0.170 e. The number of benzene rings is 2. The molecule has 0 spiro atoms. The molecule has 0 aromatic heterocycles. The Morgan fingerprint density at radius 1 is 1.04 bits per heavy atom. The molecule has 128 valence electrons. The summed E-state index contributed by atoms with van der Waals surface area (Å²) < 4.78 is 11.3. The van der Waals surface area contributed by atoms with Crippen LogP contribution in [0.5, 0.6) is 11.5 Å². The third-order valence-corrected chi connectivity index (χ3v) is 4.01. The molecule has 0 N–H and O–H groups in total. The number of rotatable bonds is 7. The molecule has 0 saturated heterocycles. The highest BCUT2D eigenvalue weighted by atomic mass is 16.5. The maximum atomic E-state index is 5.90. The van der Waals surface area contributed by atoms with E-state index in [9.17, 15) is 0 Å². The highest BCUT2D eigenvalue weighted by Crippen LogP contribution is 2.31. The Hall–Kier alpha value is -2.29. The fourth-order valence-electron chi connectivity index (χ4n) is 2.43. The topological polar surface area (TPSA) is 30.8 Å². The van der Waals surface area contributed by atoms with Crippen molar-refractivity contribution in [1.82, 2.24) is 0 Å². The van der Waals surface area contributed by atoms with Crippen molar-refractivity contribution in [2.24, 2.45) is 4.99 Å². The normalized spacial score (nSPS) is 12.6. The minimum atomic E-state index is 0.0725. The Bertz CT molecular complexity index is 675. The van der Waals surface area contributed by atoms with Gasteiger partial charge in [-0.15, -0.1) is 0 Å². The first-order valence-electron chi connectivity index (χ1n) is 8.52. The van der Waals surface area contributed by atoms with Crippen molar-refractivity contribution in [3.05, 3.63) is 53.6 Å². The van der Waals surface area contributed by atoms with Crippen LogP contribution in [-0.4, -0.2) is 19.4 Å². The number of methoxy groups -OCH3 is 1. The summed E-state index contributed by atoms with van der Waals surface area (Å²) in [5, 5.41) is 0. The molecule has 2 aromatic carbocycles. The molecule has 2 aromatic rings. The van der Waals surface area contributed by atoms with Crippen molar-refractivity contribution in [3.8, 4) is 11.5 Å². The SMILES string of the molecule is CC[C@H](C)c1ccc(N=Cc2cccc(OC)c2OC(C)C)cc1. The van der Waals surface area contributed by atoms with E-state index in [4.69, 9.17) is 9.47 Å². The minimum absolute atomic E-state index is 0.0725. The molecule has 24 heavy (non-hydrogen) atoms. The second kappa shape index (κ2) is 8.53. The summed E-state index contributed by atoms with van der Waals surface area (Å²) in [5.41, 5.74) is 3.19. The van der Waals surface area contributed by atoms with E-state index in [2.05, 4.69) is 43.1 Å². The van der Waals surface area contributed by atoms with Crippen LogP contribution in [0.2, 0.25) is 0 Å². The summed E-state index contributed by atoms with van der Waals surface area (Å²) in [7, 11) is 1.65. The summed E-state index contributed by atoms with van der Waals surface area (Å²) in [6.07, 6.45) is 3.05. The van der Waals surface area contributed by atoms with E-state index < -0.39 is 0 Å². The van der Waals surface area contributed by atoms with Crippen molar-refractivity contribution in [3.63, 3.8) is 0 Å². The van der Waals surface area contributed by atoms with Crippen LogP contribution in [0.15, 0.2) is 47.5 Å². The molecule has 0 saturated carbocycles. The molecular weight excluding hydrogens is 298 g/mol. The molecule has 2 rings (SSSR count). The molecule has 3 heteroatoms. The number of nitrogens with zero attached hydrogens (tertiary/aromatic N) is 1. The second-order valence-electron chi connectivity index (χ2n) is 6.20. The van der Waals surface area contributed by atoms with Crippen LogP contribution < -0.4 is 9.47 Å². The van der Waals surface area contributed by atoms with Gasteiger partial charge >= 0.3 is 0 Å². The first-order chi connectivity index (χ1) is 11.5. The van der Waals surface area contributed by atoms with E-state index in [0.29, 0.717) is 5.92 Å². The van der Waals surface area contributed by atoms with E-state index in [0.717, 1.165) is 29.2 Å². The van der Waals surface area contributed by atoms with Gasteiger partial charge < -0.3 is 9.47 Å². The van der Waals surface area contributed by atoms with Crippen molar-refractivity contribution in [2.75, 3.05) is 7.11 Å². The first-order valence-corrected chi connectivity index (χ1v) is 8.52. The minimum Gasteiger partial charge on any atom is -0.493 e. The smallest absolute Gasteiger partial charge is 0.170 e. The van der Waals surface area contributed by atoms with E-state index in [-0.39, 0.29) is 6.10 Å². The van der Waals surface area contributed by atoms with Gasteiger partial charge in [-0.25, -0.2) is 0 Å². The molecule has 3 nitrogen and oxygen atoms in total. The number of para-hydroxylation sites is 1. The molecule has 0 amide bonds. The van der Waals surface area contributed by atoms with Crippen molar-refractivity contribution in [1.29, 1.82) is 0 Å². The summed E-state index contributed by atoms with van der Waals surface area (Å²) in [5.74, 6) is 2.03. The maximum absolute atomic E-state index is 5.90. The third-order valence-electron chi connectivity index (χ3n) is 4.01. The fourth-order valence-corrected chi connectivity index (χ4v) is 2.43. The van der Waals surface area contributed by atoms with Gasteiger partial charge in [0.25, 0.3) is 0 Å². The predicted molar refractivity (Wildman–Crippen MR) is 101 cm³/mol. The largest absolute Gasteiger partial charge is 0.493 e. The molecule has 0 radical (unpaired) electrons. The molecule has 0 bridgehead atoms. The van der Waals surface area contributed by atoms with Crippen LogP contribution >= 0.6 is 0 Å². The number of ether oxygens (including phenoxy) is 2. The molecular formula is C21H27NO2. The van der Waals surface area contributed by atoms with Gasteiger partial charge in [0.2, 0.25) is 0 Å². The standard InChI is InChI=1S/C21H27NO2/c1-6-16(4)17-10-12-19(13-11-17)22-14-18-8-7-9-20(23-5)21(18)24-15(2)3/h7-16H,6H2,1-5H3/t16-/m0/s1. The lowest BCUT2D eigenvalue weighted by molar-refractivity contribution is 0.230. The van der Waals surface area contributed by atoms with Crippen LogP contribution in [0.1, 0.15) is 51.2 Å². The Balaban J connectivity index is 2.25. The Labute approximate surface area is 145 Å². The lowest BCUT2D eigenvalue weighted by atomic mass is 9.99. The summed E-state index contributed by atoms with van der Waals surface area (Å²) in [4.78, 5) is 4.59. The number of hydrogen-bond donors (Lipinski definition) is 0. The molecule has 0 aliphatic heterocycles. The number of aliphatic imine (C=N–C) groups is 1. The fraction of sp³-hybridized carbons (Fsp3) is 0.381. The van der Waals surface area contributed by atoms with Crippen LogP contribution in [0, 0.1) is 0 Å². The predicted octanol–water partition coefficient (Wildman–Crippen LogP) is 5.75. The van der Waals surface area contributed by atoms with E-state index in [1.54, 1.807) is 7.11 Å². The monoisotopic (exact) mass is 325 g/mol. The van der Waals surface area contributed by atoms with Gasteiger partial charge in [0, 0.05) is 11.8 Å². The molecule has 0 heterocycles. The highest BCUT2D eigenvalue weighted by Gasteiger charge is 2.10. The Morgan fingerprint density at radius 3 is 2.33 bits per heavy atom. The average molecular weight is 325 g/mol. The summed E-state index contributed by atoms with van der Waals surface area (Å²) in [6.45, 7) is 8.45. The zero-order valence-corrected chi connectivity index (χ0v) is 15.2. The summed E-state index contributed by atoms with van der Waals surface area (Å²) in [6, 6.07) is 14.2. The van der Waals surface area contributed by atoms with Crippen molar-refractivity contribution in [2.45, 2.75) is 46.1 Å². The van der Waals surface area contributed by atoms with Gasteiger partial charge in [-0.05, 0) is 56.0 Å². The Kier molecular flexibility index (Phi) is 6.42. The van der Waals surface area contributed by atoms with Crippen LogP contribution in [0.4, 0.5) is 5.69 Å². The first kappa shape index (κ1) is 18.1. The van der Waals surface area contributed by atoms with Gasteiger partial charge in [-0.3, -0.25) is 4.99 Å². The van der Waals surface area contributed by atoms with E-state index in [1.807, 2.05) is 38.3 Å². The molecule has 0 fully saturated rings. The zero-order valence-electron chi connectivity index (χ0n) is 15.2. The molecule has 1 atom stereocenters. The third kappa shape index (κ3) is 4.60. The molecule has 0 unspecified atom stereocenters. The van der Waals surface area contributed by atoms with Crippen molar-refractivity contribution < 1.29 is 9.47 Å². The lowest BCUT2D eigenvalue weighted by Crippen LogP contribution is -2.08. The van der Waals surface area contributed by atoms with Crippen molar-refractivity contribution >= 4 is 11.9 Å². The quantitative estimate of drug-likeness (QED) is 0.607. The van der Waals surface area contributed by atoms with Gasteiger partial charge in [-0.1, -0.05) is 32.0 Å². The summed E-state index contributed by atoms with van der Waals surface area (Å²) >= 11 is 0. The highest BCUT2D eigenvalue weighted by molar-refractivity contribution is 5.86. The van der Waals surface area contributed by atoms with Gasteiger partial charge in [0.1, 0.15) is 0 Å². The second-order valence-corrected chi connectivity index (χ2v) is 6.20. The lowest BCUT2D eigenvalue weighted by Gasteiger charge is -2.15. The van der Waals surface area contributed by atoms with Gasteiger partial charge in [-0.2, -0.15) is 0 Å². The molecule has 0 aliphatic rings. The van der Waals surface area contributed by atoms with E-state index >= 15 is 0 Å². The van der Waals surface area contributed by atoms with Crippen LogP contribution in [0.3, 0.4) is 0 Å². The molecule has 0 aliphatic carbocycles.